The SMILES string of the molecule is CCOC(=O)C1(Cc2nc(C)oc2Br)CCN(c2nc(C)c(-c3ccccc3F)n3nccc23)CC1. The highest BCUT2D eigenvalue weighted by molar-refractivity contribution is 9.10. The number of carbonyl (C=O) groups is 1. The third-order valence-corrected chi connectivity index (χ3v) is 7.44. The second kappa shape index (κ2) is 9.65. The molecular formula is C26H27BrFN5O3. The molecule has 0 saturated carbocycles. The smallest absolute Gasteiger partial charge is 0.312 e. The summed E-state index contributed by atoms with van der Waals surface area (Å²) in [7, 11) is 0. The molecule has 4 heterocycles. The molecule has 0 radical (unpaired) electrons. The van der Waals surface area contributed by atoms with Crippen LogP contribution in [-0.2, 0) is 16.0 Å². The lowest BCUT2D eigenvalue weighted by molar-refractivity contribution is -0.157. The van der Waals surface area contributed by atoms with Crippen LogP contribution in [0.3, 0.4) is 0 Å². The maximum Gasteiger partial charge on any atom is 0.312 e. The first-order chi connectivity index (χ1) is 17.3. The Morgan fingerprint density at radius 2 is 1.94 bits per heavy atom. The number of anilines is 1. The number of ether oxygens (including phenoxy) is 1. The lowest BCUT2D eigenvalue weighted by Crippen LogP contribution is -2.47. The van der Waals surface area contributed by atoms with Crippen LogP contribution in [0.4, 0.5) is 10.2 Å². The van der Waals surface area contributed by atoms with Crippen LogP contribution in [0, 0.1) is 25.1 Å². The van der Waals surface area contributed by atoms with Crippen molar-refractivity contribution in [2.45, 2.75) is 40.0 Å². The van der Waals surface area contributed by atoms with Crippen LogP contribution in [-0.4, -0.2) is 45.2 Å². The lowest BCUT2D eigenvalue weighted by atomic mass is 9.74. The molecule has 5 rings (SSSR count). The zero-order chi connectivity index (χ0) is 25.4. The molecule has 1 aliphatic heterocycles. The molecular weight excluding hydrogens is 529 g/mol. The number of piperidine rings is 1. The molecule has 4 aromatic rings. The fourth-order valence-corrected chi connectivity index (χ4v) is 5.49. The summed E-state index contributed by atoms with van der Waals surface area (Å²) in [6.07, 6.45) is 3.26. The molecule has 36 heavy (non-hydrogen) atoms. The van der Waals surface area contributed by atoms with Crippen LogP contribution in [0.15, 0.2) is 45.6 Å². The van der Waals surface area contributed by atoms with Crippen LogP contribution >= 0.6 is 15.9 Å². The molecule has 0 atom stereocenters. The topological polar surface area (TPSA) is 85.8 Å². The van der Waals surface area contributed by atoms with E-state index in [1.54, 1.807) is 35.8 Å². The van der Waals surface area contributed by atoms with Gasteiger partial charge in [-0.15, -0.1) is 0 Å². The summed E-state index contributed by atoms with van der Waals surface area (Å²) in [6, 6.07) is 8.52. The first-order valence-electron chi connectivity index (χ1n) is 12.0. The summed E-state index contributed by atoms with van der Waals surface area (Å²) in [5, 5.41) is 4.49. The van der Waals surface area contributed by atoms with Gasteiger partial charge in [0.05, 0.1) is 35.3 Å². The molecule has 0 unspecified atom stereocenters. The number of carbonyl (C=O) groups excluding carboxylic acids is 1. The van der Waals surface area contributed by atoms with Gasteiger partial charge in [0.25, 0.3) is 0 Å². The van der Waals surface area contributed by atoms with E-state index in [1.807, 2.05) is 19.9 Å². The molecule has 0 spiro atoms. The standard InChI is InChI=1S/C26H27BrFN5O3/c1-4-35-25(34)26(15-20-23(27)36-17(3)31-20)10-13-32(14-11-26)24-21-9-12-29-33(21)22(16(2)30-24)18-7-5-6-8-19(18)28/h5-9,12H,4,10-11,13-15H2,1-3H3. The number of nitrogens with zero attached hydrogens (tertiary/aromatic N) is 5. The summed E-state index contributed by atoms with van der Waals surface area (Å²) in [4.78, 5) is 24.7. The first kappa shape index (κ1) is 24.4. The van der Waals surface area contributed by atoms with E-state index in [4.69, 9.17) is 14.1 Å². The average molecular weight is 556 g/mol. The Hall–Kier alpha value is -3.27. The Bertz CT molecular complexity index is 1420. The predicted octanol–water partition coefficient (Wildman–Crippen LogP) is 5.30. The van der Waals surface area contributed by atoms with Crippen molar-refractivity contribution in [3.05, 3.63) is 64.3 Å². The first-order valence-corrected chi connectivity index (χ1v) is 12.8. The fraction of sp³-hybridized carbons (Fsp3) is 0.385. The molecule has 0 aliphatic carbocycles. The van der Waals surface area contributed by atoms with Crippen molar-refractivity contribution in [1.82, 2.24) is 19.6 Å². The molecule has 1 fully saturated rings. The lowest BCUT2D eigenvalue weighted by Gasteiger charge is -2.40. The Morgan fingerprint density at radius 1 is 1.19 bits per heavy atom. The van der Waals surface area contributed by atoms with Gasteiger partial charge in [-0.3, -0.25) is 4.79 Å². The second-order valence-corrected chi connectivity index (χ2v) is 9.82. The normalized spacial score (nSPS) is 15.4. The Balaban J connectivity index is 1.47. The van der Waals surface area contributed by atoms with Crippen molar-refractivity contribution >= 4 is 33.2 Å². The molecule has 10 heteroatoms. The third-order valence-electron chi connectivity index (χ3n) is 6.82. The Labute approximate surface area is 216 Å². The van der Waals surface area contributed by atoms with Crippen LogP contribution in [0.2, 0.25) is 0 Å². The minimum atomic E-state index is -0.711. The van der Waals surface area contributed by atoms with Crippen molar-refractivity contribution in [3.8, 4) is 11.3 Å². The number of halogens is 2. The molecule has 188 valence electrons. The van der Waals surface area contributed by atoms with E-state index in [9.17, 15) is 9.18 Å². The quantitative estimate of drug-likeness (QED) is 0.298. The van der Waals surface area contributed by atoms with Gasteiger partial charge in [0.1, 0.15) is 11.3 Å². The Kier molecular flexibility index (Phi) is 6.55. The van der Waals surface area contributed by atoms with E-state index in [0.717, 1.165) is 17.0 Å². The van der Waals surface area contributed by atoms with Crippen molar-refractivity contribution in [2.75, 3.05) is 24.6 Å². The van der Waals surface area contributed by atoms with Gasteiger partial charge in [-0.1, -0.05) is 12.1 Å². The van der Waals surface area contributed by atoms with Crippen molar-refractivity contribution in [3.63, 3.8) is 0 Å². The van der Waals surface area contributed by atoms with Gasteiger partial charge in [-0.25, -0.2) is 18.9 Å². The molecule has 0 N–H and O–H groups in total. The molecule has 8 nitrogen and oxygen atoms in total. The van der Waals surface area contributed by atoms with Crippen molar-refractivity contribution in [1.29, 1.82) is 0 Å². The van der Waals surface area contributed by atoms with Crippen LogP contribution < -0.4 is 4.90 Å². The van der Waals surface area contributed by atoms with Crippen LogP contribution in [0.5, 0.6) is 0 Å². The number of hydrogen-bond acceptors (Lipinski definition) is 7. The number of oxazole rings is 1. The third kappa shape index (κ3) is 4.27. The number of benzene rings is 1. The number of fused-ring (bicyclic) bond motifs is 1. The zero-order valence-electron chi connectivity index (χ0n) is 20.4. The summed E-state index contributed by atoms with van der Waals surface area (Å²) >= 11 is 3.43. The number of aromatic nitrogens is 4. The molecule has 1 aliphatic rings. The fourth-order valence-electron chi connectivity index (χ4n) is 5.03. The maximum absolute atomic E-state index is 14.6. The van der Waals surface area contributed by atoms with Gasteiger partial charge < -0.3 is 14.1 Å². The summed E-state index contributed by atoms with van der Waals surface area (Å²) < 4.78 is 28.0. The van der Waals surface area contributed by atoms with E-state index >= 15 is 0 Å². The van der Waals surface area contributed by atoms with Gasteiger partial charge in [-0.2, -0.15) is 5.10 Å². The number of aryl methyl sites for hydroxylation is 2. The monoisotopic (exact) mass is 555 g/mol. The van der Waals surface area contributed by atoms with Gasteiger partial charge in [-0.05, 0) is 60.8 Å². The van der Waals surface area contributed by atoms with E-state index in [2.05, 4.69) is 30.9 Å². The zero-order valence-corrected chi connectivity index (χ0v) is 22.0. The number of rotatable bonds is 6. The largest absolute Gasteiger partial charge is 0.466 e. The van der Waals surface area contributed by atoms with Gasteiger partial charge in [0, 0.05) is 32.0 Å². The molecule has 0 amide bonds. The predicted molar refractivity (Wildman–Crippen MR) is 136 cm³/mol. The Morgan fingerprint density at radius 3 is 2.61 bits per heavy atom. The minimum absolute atomic E-state index is 0.217. The van der Waals surface area contributed by atoms with E-state index < -0.39 is 5.41 Å². The van der Waals surface area contributed by atoms with Crippen LogP contribution in [0.1, 0.15) is 37.0 Å². The maximum atomic E-state index is 14.6. The highest BCUT2D eigenvalue weighted by atomic mass is 79.9. The summed E-state index contributed by atoms with van der Waals surface area (Å²) in [5.41, 5.74) is 2.55. The molecule has 3 aromatic heterocycles. The van der Waals surface area contributed by atoms with Crippen molar-refractivity contribution < 1.29 is 18.3 Å². The van der Waals surface area contributed by atoms with E-state index in [1.165, 1.54) is 6.07 Å². The average Bonchev–Trinajstić information content (AvgIpc) is 3.46. The number of hydrogen-bond donors (Lipinski definition) is 0. The van der Waals surface area contributed by atoms with Crippen LogP contribution in [0.25, 0.3) is 16.8 Å². The summed E-state index contributed by atoms with van der Waals surface area (Å²) in [6.45, 7) is 6.97. The highest BCUT2D eigenvalue weighted by Crippen LogP contribution is 2.40. The van der Waals surface area contributed by atoms with Gasteiger partial charge >= 0.3 is 5.97 Å². The van der Waals surface area contributed by atoms with Crippen molar-refractivity contribution in [2.24, 2.45) is 5.41 Å². The molecule has 1 aromatic carbocycles. The number of esters is 1. The van der Waals surface area contributed by atoms with Gasteiger partial charge in [0.2, 0.25) is 0 Å². The second-order valence-electron chi connectivity index (χ2n) is 9.10. The van der Waals surface area contributed by atoms with E-state index in [0.29, 0.717) is 66.5 Å². The van der Waals surface area contributed by atoms with E-state index in [-0.39, 0.29) is 11.8 Å². The highest BCUT2D eigenvalue weighted by Gasteiger charge is 2.44. The molecule has 0 bridgehead atoms. The summed E-state index contributed by atoms with van der Waals surface area (Å²) in [5.74, 6) is 0.774. The minimum Gasteiger partial charge on any atom is -0.466 e. The molecule has 1 saturated heterocycles. The van der Waals surface area contributed by atoms with Gasteiger partial charge in [0.15, 0.2) is 16.4 Å².